The number of benzene rings is 3. The predicted molar refractivity (Wildman–Crippen MR) is 124 cm³/mol. The topological polar surface area (TPSA) is 21.7 Å². The van der Waals surface area contributed by atoms with Crippen LogP contribution < -0.4 is 4.74 Å². The van der Waals surface area contributed by atoms with Crippen molar-refractivity contribution >= 4 is 11.1 Å². The Morgan fingerprint density at radius 2 is 1.30 bits per heavy atom. The van der Waals surface area contributed by atoms with Gasteiger partial charge in [0.1, 0.15) is 12.4 Å². The summed E-state index contributed by atoms with van der Waals surface area (Å²) < 4.78 is 54.2. The van der Waals surface area contributed by atoms with E-state index in [0.29, 0.717) is 23.5 Å². The number of morpholine rings is 1. The molecule has 1 aliphatic rings. The van der Waals surface area contributed by atoms with Gasteiger partial charge in [-0.15, -0.1) is 0 Å². The lowest BCUT2D eigenvalue weighted by atomic mass is 9.89. The van der Waals surface area contributed by atoms with Crippen molar-refractivity contribution in [3.05, 3.63) is 102 Å². The van der Waals surface area contributed by atoms with Crippen LogP contribution >= 0.6 is 0 Å². The summed E-state index contributed by atoms with van der Waals surface area (Å²) >= 11 is 0. The summed E-state index contributed by atoms with van der Waals surface area (Å²) in [6.07, 6.45) is -4.53. The van der Waals surface area contributed by atoms with E-state index in [0.717, 1.165) is 32.8 Å². The molecule has 0 aromatic heterocycles. The van der Waals surface area contributed by atoms with Crippen molar-refractivity contribution in [1.29, 1.82) is 0 Å². The molecule has 0 N–H and O–H groups in total. The highest BCUT2D eigenvalue weighted by atomic mass is 19.4. The van der Waals surface area contributed by atoms with Crippen LogP contribution in [-0.2, 0) is 4.74 Å². The second-order valence-electron chi connectivity index (χ2n) is 7.81. The van der Waals surface area contributed by atoms with Crippen molar-refractivity contribution in [2.45, 2.75) is 6.18 Å². The molecule has 33 heavy (non-hydrogen) atoms. The molecule has 1 heterocycles. The predicted octanol–water partition coefficient (Wildman–Crippen LogP) is 5.92. The molecule has 0 amide bonds. The summed E-state index contributed by atoms with van der Waals surface area (Å²) in [6, 6.07) is 23.5. The number of hydrogen-bond acceptors (Lipinski definition) is 3. The summed E-state index contributed by atoms with van der Waals surface area (Å²) in [7, 11) is 0. The van der Waals surface area contributed by atoms with Crippen molar-refractivity contribution in [2.75, 3.05) is 39.5 Å². The average molecular weight is 454 g/mol. The van der Waals surface area contributed by atoms with E-state index in [1.165, 1.54) is 12.1 Å². The van der Waals surface area contributed by atoms with Crippen molar-refractivity contribution < 1.29 is 22.6 Å². The lowest BCUT2D eigenvalue weighted by Crippen LogP contribution is -2.38. The third kappa shape index (κ3) is 6.03. The number of ether oxygens (including phenoxy) is 2. The van der Waals surface area contributed by atoms with Crippen LogP contribution in [-0.4, -0.2) is 50.5 Å². The Balaban J connectivity index is 1.65. The molecule has 4 rings (SSSR count). The zero-order valence-corrected chi connectivity index (χ0v) is 18.2. The van der Waals surface area contributed by atoms with Crippen LogP contribution in [0.3, 0.4) is 0 Å². The van der Waals surface area contributed by atoms with E-state index in [1.54, 1.807) is 72.8 Å². The van der Waals surface area contributed by atoms with Crippen LogP contribution in [0.5, 0.6) is 5.75 Å². The minimum absolute atomic E-state index is 0.134. The number of hydrogen-bond donors (Lipinski definition) is 0. The second kappa shape index (κ2) is 10.7. The van der Waals surface area contributed by atoms with E-state index in [-0.39, 0.29) is 11.1 Å². The minimum atomic E-state index is -4.53. The molecular formula is C27H26F3NO2. The number of rotatable bonds is 7. The molecule has 3 aromatic carbocycles. The molecule has 1 saturated heterocycles. The minimum Gasteiger partial charge on any atom is -0.492 e. The number of halogens is 3. The maximum absolute atomic E-state index is 14.4. The Morgan fingerprint density at radius 3 is 1.88 bits per heavy atom. The zero-order valence-electron chi connectivity index (χ0n) is 18.2. The average Bonchev–Trinajstić information content (AvgIpc) is 2.84. The molecule has 172 valence electrons. The first-order valence-corrected chi connectivity index (χ1v) is 11.0. The maximum Gasteiger partial charge on any atom is 0.417 e. The van der Waals surface area contributed by atoms with Gasteiger partial charge < -0.3 is 9.47 Å². The van der Waals surface area contributed by atoms with E-state index in [4.69, 9.17) is 9.47 Å². The highest BCUT2D eigenvalue weighted by molar-refractivity contribution is 6.00. The van der Waals surface area contributed by atoms with E-state index < -0.39 is 11.7 Å². The smallest absolute Gasteiger partial charge is 0.417 e. The zero-order chi connectivity index (χ0) is 23.1. The molecule has 0 radical (unpaired) electrons. The van der Waals surface area contributed by atoms with Gasteiger partial charge in [0.2, 0.25) is 0 Å². The molecule has 1 fully saturated rings. The SMILES string of the molecule is FC(F)(F)/C(=C(\c1ccccc1)c1ccc(OCCN2CCOCC2)cc1)c1ccccc1. The number of allylic oxidation sites excluding steroid dienone is 1. The van der Waals surface area contributed by atoms with Gasteiger partial charge in [-0.05, 0) is 28.8 Å². The van der Waals surface area contributed by atoms with Crippen molar-refractivity contribution in [3.63, 3.8) is 0 Å². The molecule has 0 saturated carbocycles. The highest BCUT2D eigenvalue weighted by Crippen LogP contribution is 2.42. The summed E-state index contributed by atoms with van der Waals surface area (Å²) in [6.45, 7) is 4.52. The molecule has 3 nitrogen and oxygen atoms in total. The summed E-state index contributed by atoms with van der Waals surface area (Å²) in [4.78, 5) is 2.27. The molecule has 0 aliphatic carbocycles. The van der Waals surface area contributed by atoms with Gasteiger partial charge in [-0.3, -0.25) is 4.90 Å². The third-order valence-electron chi connectivity index (χ3n) is 5.58. The van der Waals surface area contributed by atoms with Gasteiger partial charge in [0.15, 0.2) is 0 Å². The fourth-order valence-electron chi connectivity index (χ4n) is 3.95. The van der Waals surface area contributed by atoms with E-state index >= 15 is 0 Å². The highest BCUT2D eigenvalue weighted by Gasteiger charge is 2.38. The van der Waals surface area contributed by atoms with Crippen LogP contribution in [0.2, 0.25) is 0 Å². The first-order valence-electron chi connectivity index (χ1n) is 11.0. The number of alkyl halides is 3. The fourth-order valence-corrected chi connectivity index (χ4v) is 3.95. The summed E-state index contributed by atoms with van der Waals surface area (Å²) in [5.41, 5.74) is 0.617. The lowest BCUT2D eigenvalue weighted by molar-refractivity contribution is -0.0685. The quantitative estimate of drug-likeness (QED) is 0.415. The standard InChI is InChI=1S/C27H26F3NO2/c28-27(29,30)26(23-9-5-2-6-10-23)25(21-7-3-1-4-8-21)22-11-13-24(14-12-22)33-20-17-31-15-18-32-19-16-31/h1-14H,15-20H2/b26-25+. The van der Waals surface area contributed by atoms with Crippen LogP contribution in [0.25, 0.3) is 11.1 Å². The molecule has 6 heteroatoms. The van der Waals surface area contributed by atoms with Crippen molar-refractivity contribution in [3.8, 4) is 5.75 Å². The van der Waals surface area contributed by atoms with Crippen LogP contribution in [0, 0.1) is 0 Å². The summed E-state index contributed by atoms with van der Waals surface area (Å²) in [5.74, 6) is 0.632. The van der Waals surface area contributed by atoms with Gasteiger partial charge in [0, 0.05) is 25.2 Å². The molecular weight excluding hydrogens is 427 g/mol. The molecule has 0 unspecified atom stereocenters. The molecule has 0 atom stereocenters. The fraction of sp³-hybridized carbons (Fsp3) is 0.259. The largest absolute Gasteiger partial charge is 0.492 e. The first kappa shape index (κ1) is 23.1. The summed E-state index contributed by atoms with van der Waals surface area (Å²) in [5, 5.41) is 0. The normalized spacial score (nSPS) is 15.7. The van der Waals surface area contributed by atoms with Gasteiger partial charge in [0.25, 0.3) is 0 Å². The van der Waals surface area contributed by atoms with Gasteiger partial charge in [-0.1, -0.05) is 72.8 Å². The van der Waals surface area contributed by atoms with Crippen LogP contribution in [0.15, 0.2) is 84.9 Å². The van der Waals surface area contributed by atoms with Gasteiger partial charge in [-0.2, -0.15) is 13.2 Å². The Bertz CT molecular complexity index is 1040. The van der Waals surface area contributed by atoms with Gasteiger partial charge in [0.05, 0.1) is 18.8 Å². The van der Waals surface area contributed by atoms with Crippen molar-refractivity contribution in [1.82, 2.24) is 4.90 Å². The van der Waals surface area contributed by atoms with Crippen molar-refractivity contribution in [2.24, 2.45) is 0 Å². The maximum atomic E-state index is 14.4. The third-order valence-corrected chi connectivity index (χ3v) is 5.58. The molecule has 1 aliphatic heterocycles. The molecule has 3 aromatic rings. The Morgan fingerprint density at radius 1 is 0.758 bits per heavy atom. The van der Waals surface area contributed by atoms with E-state index in [2.05, 4.69) is 4.90 Å². The van der Waals surface area contributed by atoms with Crippen LogP contribution in [0.4, 0.5) is 13.2 Å². The Labute approximate surface area is 192 Å². The Kier molecular flexibility index (Phi) is 7.47. The first-order chi connectivity index (χ1) is 16.0. The Hall–Kier alpha value is -3.09. The molecule has 0 spiro atoms. The van der Waals surface area contributed by atoms with E-state index in [1.807, 2.05) is 0 Å². The molecule has 0 bridgehead atoms. The second-order valence-corrected chi connectivity index (χ2v) is 7.81. The van der Waals surface area contributed by atoms with Gasteiger partial charge in [-0.25, -0.2) is 0 Å². The number of nitrogens with zero attached hydrogens (tertiary/aromatic N) is 1. The lowest BCUT2D eigenvalue weighted by Gasteiger charge is -2.26. The van der Waals surface area contributed by atoms with Gasteiger partial charge >= 0.3 is 6.18 Å². The van der Waals surface area contributed by atoms with Crippen LogP contribution in [0.1, 0.15) is 16.7 Å². The monoisotopic (exact) mass is 453 g/mol. The van der Waals surface area contributed by atoms with E-state index in [9.17, 15) is 13.2 Å².